The maximum Gasteiger partial charge on any atom is 0.238 e. The van der Waals surface area contributed by atoms with Crippen LogP contribution in [-0.2, 0) is 9.59 Å². The Hall–Kier alpha value is -1.30. The summed E-state index contributed by atoms with van der Waals surface area (Å²) in [6.45, 7) is 6.92. The van der Waals surface area contributed by atoms with Gasteiger partial charge in [-0.15, -0.1) is 23.2 Å². The fourth-order valence-corrected chi connectivity index (χ4v) is 3.60. The first kappa shape index (κ1) is 18.5. The molecule has 1 aromatic carbocycles. The minimum atomic E-state index is -0.875. The number of carbonyl (C=O) groups excluding carboxylic acids is 2. The van der Waals surface area contributed by atoms with E-state index in [1.165, 1.54) is 0 Å². The van der Waals surface area contributed by atoms with Gasteiger partial charge in [0.1, 0.15) is 4.33 Å². The van der Waals surface area contributed by atoms with Crippen LogP contribution >= 0.6 is 23.2 Å². The number of nitrogens with zero attached hydrogens (tertiary/aromatic N) is 2. The zero-order chi connectivity index (χ0) is 18.2. The van der Waals surface area contributed by atoms with Crippen LogP contribution in [0.15, 0.2) is 18.2 Å². The molecule has 25 heavy (non-hydrogen) atoms. The molecule has 1 atom stereocenters. The molecule has 0 spiro atoms. The fraction of sp³-hybridized carbons (Fsp3) is 0.556. The Bertz CT molecular complexity index is 685. The first-order chi connectivity index (χ1) is 11.8. The second kappa shape index (κ2) is 7.14. The smallest absolute Gasteiger partial charge is 0.238 e. The number of carbonyl (C=O) groups is 2. The summed E-state index contributed by atoms with van der Waals surface area (Å²) in [5.74, 6) is -0.268. The highest BCUT2D eigenvalue weighted by molar-refractivity contribution is 6.52. The molecule has 0 bridgehead atoms. The monoisotopic (exact) mass is 383 g/mol. The zero-order valence-electron chi connectivity index (χ0n) is 14.5. The second-order valence-electron chi connectivity index (χ2n) is 6.91. The number of hydrogen-bond acceptors (Lipinski definition) is 3. The van der Waals surface area contributed by atoms with Gasteiger partial charge in [0.05, 0.1) is 12.5 Å². The highest BCUT2D eigenvalue weighted by Crippen LogP contribution is 2.53. The van der Waals surface area contributed by atoms with Gasteiger partial charge in [0, 0.05) is 31.9 Å². The van der Waals surface area contributed by atoms with Crippen molar-refractivity contribution in [1.29, 1.82) is 0 Å². The second-order valence-corrected chi connectivity index (χ2v) is 8.46. The van der Waals surface area contributed by atoms with E-state index in [1.807, 2.05) is 32.0 Å². The number of piperazine rings is 1. The summed E-state index contributed by atoms with van der Waals surface area (Å²) < 4.78 is -0.875. The van der Waals surface area contributed by atoms with Crippen LogP contribution in [0.25, 0.3) is 0 Å². The van der Waals surface area contributed by atoms with E-state index in [2.05, 4.69) is 10.2 Å². The van der Waals surface area contributed by atoms with Crippen LogP contribution < -0.4 is 5.32 Å². The average molecular weight is 384 g/mol. The third-order valence-electron chi connectivity index (χ3n) is 5.05. The number of rotatable bonds is 4. The highest BCUT2D eigenvalue weighted by Gasteiger charge is 2.57. The molecular formula is C18H23Cl2N3O2. The Balaban J connectivity index is 1.46. The van der Waals surface area contributed by atoms with Crippen molar-refractivity contribution in [3.05, 3.63) is 29.3 Å². The van der Waals surface area contributed by atoms with Crippen LogP contribution in [0.5, 0.6) is 0 Å². The Labute approximate surface area is 158 Å². The first-order valence-electron chi connectivity index (χ1n) is 8.53. The molecule has 1 aliphatic heterocycles. The molecule has 5 nitrogen and oxygen atoms in total. The van der Waals surface area contributed by atoms with Crippen LogP contribution in [0, 0.1) is 19.8 Å². The molecule has 7 heteroatoms. The molecule has 2 aliphatic rings. The Morgan fingerprint density at radius 2 is 1.84 bits per heavy atom. The standard InChI is InChI=1S/C18H23Cl2N3O2/c1-12-4-3-5-15(13(12)2)21-16(24)11-22-6-8-23(9-7-22)17(25)14-10-18(14,19)20/h3-5,14H,6-11H2,1-2H3,(H,21,24)/t14-/m1/s1. The fourth-order valence-electron chi connectivity index (χ4n) is 3.11. The molecule has 136 valence electrons. The van der Waals surface area contributed by atoms with E-state index >= 15 is 0 Å². The SMILES string of the molecule is Cc1cccc(NC(=O)CN2CCN(C(=O)[C@H]3CC3(Cl)Cl)CC2)c1C. The molecule has 1 heterocycles. The predicted octanol–water partition coefficient (Wildman–Crippen LogP) is 2.58. The highest BCUT2D eigenvalue weighted by atomic mass is 35.5. The van der Waals surface area contributed by atoms with Gasteiger partial charge in [0.15, 0.2) is 0 Å². The minimum absolute atomic E-state index is 0.0313. The van der Waals surface area contributed by atoms with E-state index in [0.29, 0.717) is 39.1 Å². The van der Waals surface area contributed by atoms with Crippen molar-refractivity contribution in [2.75, 3.05) is 38.0 Å². The van der Waals surface area contributed by atoms with Crippen LogP contribution in [0.3, 0.4) is 0 Å². The lowest BCUT2D eigenvalue weighted by Gasteiger charge is -2.34. The molecule has 1 aliphatic carbocycles. The average Bonchev–Trinajstić information content (AvgIpc) is 3.20. The summed E-state index contributed by atoms with van der Waals surface area (Å²) in [4.78, 5) is 28.4. The predicted molar refractivity (Wildman–Crippen MR) is 100 cm³/mol. The van der Waals surface area contributed by atoms with Crippen molar-refractivity contribution in [3.8, 4) is 0 Å². The normalized spacial score (nSPS) is 22.6. The number of alkyl halides is 2. The van der Waals surface area contributed by atoms with E-state index < -0.39 is 4.33 Å². The molecule has 1 saturated heterocycles. The minimum Gasteiger partial charge on any atom is -0.340 e. The summed E-state index contributed by atoms with van der Waals surface area (Å²) in [5.41, 5.74) is 3.09. The van der Waals surface area contributed by atoms with E-state index in [1.54, 1.807) is 4.90 Å². The first-order valence-corrected chi connectivity index (χ1v) is 9.28. The number of nitrogens with one attached hydrogen (secondary N) is 1. The van der Waals surface area contributed by atoms with Gasteiger partial charge in [-0.3, -0.25) is 14.5 Å². The van der Waals surface area contributed by atoms with Crippen LogP contribution in [0.2, 0.25) is 0 Å². The van der Waals surface area contributed by atoms with Crippen molar-refractivity contribution in [2.24, 2.45) is 5.92 Å². The van der Waals surface area contributed by atoms with Crippen LogP contribution in [0.1, 0.15) is 17.5 Å². The summed E-state index contributed by atoms with van der Waals surface area (Å²) in [6.07, 6.45) is 0.535. The summed E-state index contributed by atoms with van der Waals surface area (Å²) in [6, 6.07) is 5.88. The lowest BCUT2D eigenvalue weighted by atomic mass is 10.1. The van der Waals surface area contributed by atoms with Crippen molar-refractivity contribution in [3.63, 3.8) is 0 Å². The lowest BCUT2D eigenvalue weighted by molar-refractivity contribution is -0.134. The van der Waals surface area contributed by atoms with Crippen molar-refractivity contribution < 1.29 is 9.59 Å². The van der Waals surface area contributed by atoms with Crippen molar-refractivity contribution >= 4 is 40.7 Å². The molecule has 0 aromatic heterocycles. The number of anilines is 1. The molecule has 1 aromatic rings. The van der Waals surface area contributed by atoms with E-state index in [9.17, 15) is 9.59 Å². The molecule has 0 unspecified atom stereocenters. The third kappa shape index (κ3) is 4.27. The largest absolute Gasteiger partial charge is 0.340 e. The molecule has 1 saturated carbocycles. The quantitative estimate of drug-likeness (QED) is 0.812. The molecule has 2 amide bonds. The van der Waals surface area contributed by atoms with Gasteiger partial charge >= 0.3 is 0 Å². The number of aryl methyl sites for hydroxylation is 1. The van der Waals surface area contributed by atoms with Gasteiger partial charge in [0.2, 0.25) is 11.8 Å². The lowest BCUT2D eigenvalue weighted by Crippen LogP contribution is -2.51. The zero-order valence-corrected chi connectivity index (χ0v) is 16.0. The molecule has 2 fully saturated rings. The number of hydrogen-bond donors (Lipinski definition) is 1. The van der Waals surface area contributed by atoms with E-state index in [4.69, 9.17) is 23.2 Å². The van der Waals surface area contributed by atoms with Gasteiger partial charge < -0.3 is 10.2 Å². The topological polar surface area (TPSA) is 52.7 Å². The number of amides is 2. The Morgan fingerprint density at radius 3 is 2.44 bits per heavy atom. The molecular weight excluding hydrogens is 361 g/mol. The summed E-state index contributed by atoms with van der Waals surface area (Å²) in [7, 11) is 0. The van der Waals surface area contributed by atoms with Gasteiger partial charge in [-0.1, -0.05) is 12.1 Å². The van der Waals surface area contributed by atoms with Gasteiger partial charge in [-0.25, -0.2) is 0 Å². The van der Waals surface area contributed by atoms with Gasteiger partial charge in [-0.05, 0) is 37.5 Å². The maximum absolute atomic E-state index is 12.3. The van der Waals surface area contributed by atoms with Gasteiger partial charge in [0.25, 0.3) is 0 Å². The van der Waals surface area contributed by atoms with Gasteiger partial charge in [-0.2, -0.15) is 0 Å². The summed E-state index contributed by atoms with van der Waals surface area (Å²) >= 11 is 11.9. The molecule has 1 N–H and O–H groups in total. The molecule has 0 radical (unpaired) electrons. The molecule has 3 rings (SSSR count). The maximum atomic E-state index is 12.3. The van der Waals surface area contributed by atoms with Crippen LogP contribution in [-0.4, -0.2) is 58.7 Å². The van der Waals surface area contributed by atoms with Crippen molar-refractivity contribution in [1.82, 2.24) is 9.80 Å². The summed E-state index contributed by atoms with van der Waals surface area (Å²) in [5, 5.41) is 2.98. The van der Waals surface area contributed by atoms with Crippen molar-refractivity contribution in [2.45, 2.75) is 24.6 Å². The Morgan fingerprint density at radius 1 is 1.20 bits per heavy atom. The number of benzene rings is 1. The third-order valence-corrected chi connectivity index (χ3v) is 5.89. The Kier molecular flexibility index (Phi) is 5.28. The number of halogens is 2. The van der Waals surface area contributed by atoms with Crippen LogP contribution in [0.4, 0.5) is 5.69 Å². The van der Waals surface area contributed by atoms with E-state index in [0.717, 1.165) is 16.8 Å². The van der Waals surface area contributed by atoms with E-state index in [-0.39, 0.29) is 17.7 Å².